The number of carbonyl (C=O) groups is 1. The molecule has 0 unspecified atom stereocenters. The van der Waals surface area contributed by atoms with Gasteiger partial charge in [0, 0.05) is 12.1 Å². The van der Waals surface area contributed by atoms with Gasteiger partial charge in [-0.15, -0.1) is 0 Å². The number of rotatable bonds is 11. The van der Waals surface area contributed by atoms with Gasteiger partial charge in [0.1, 0.15) is 0 Å². The van der Waals surface area contributed by atoms with Crippen LogP contribution in [0.4, 0.5) is 5.69 Å². The van der Waals surface area contributed by atoms with Crippen LogP contribution in [-0.4, -0.2) is 25.7 Å². The van der Waals surface area contributed by atoms with Crippen molar-refractivity contribution in [3.63, 3.8) is 0 Å². The first-order valence-corrected chi connectivity index (χ1v) is 10.9. The summed E-state index contributed by atoms with van der Waals surface area (Å²) in [7, 11) is 0. The monoisotopic (exact) mass is 373 g/mol. The fraction of sp³-hybridized carbons (Fsp3) is 0.696. The minimum Gasteiger partial charge on any atom is -0.336 e. The van der Waals surface area contributed by atoms with Crippen molar-refractivity contribution in [2.45, 2.75) is 83.8 Å². The van der Waals surface area contributed by atoms with Crippen molar-refractivity contribution in [1.82, 2.24) is 0 Å². The SMILES string of the molecule is CCCCCCCCCCCCN1C(=O)C2(OCCO2)c2cccc(C)c21. The Bertz CT molecular complexity index is 622. The molecule has 27 heavy (non-hydrogen) atoms. The number of unbranched alkanes of at least 4 members (excludes halogenated alkanes) is 9. The van der Waals surface area contributed by atoms with Crippen molar-refractivity contribution in [3.05, 3.63) is 29.3 Å². The summed E-state index contributed by atoms with van der Waals surface area (Å²) in [6.45, 7) is 6.03. The lowest BCUT2D eigenvalue weighted by Gasteiger charge is -2.22. The summed E-state index contributed by atoms with van der Waals surface area (Å²) in [5, 5.41) is 0. The highest BCUT2D eigenvalue weighted by Crippen LogP contribution is 2.47. The molecule has 0 aliphatic carbocycles. The van der Waals surface area contributed by atoms with Crippen LogP contribution >= 0.6 is 0 Å². The molecule has 0 atom stereocenters. The average Bonchev–Trinajstić information content (AvgIpc) is 3.25. The second-order valence-electron chi connectivity index (χ2n) is 7.92. The Hall–Kier alpha value is -1.39. The number of amides is 1. The van der Waals surface area contributed by atoms with Crippen molar-refractivity contribution >= 4 is 11.6 Å². The van der Waals surface area contributed by atoms with E-state index < -0.39 is 5.79 Å². The molecular formula is C23H35NO3. The first-order chi connectivity index (χ1) is 13.2. The van der Waals surface area contributed by atoms with Gasteiger partial charge in [-0.25, -0.2) is 0 Å². The van der Waals surface area contributed by atoms with E-state index in [-0.39, 0.29) is 5.91 Å². The molecule has 0 bridgehead atoms. The molecule has 1 spiro atoms. The average molecular weight is 374 g/mol. The van der Waals surface area contributed by atoms with Gasteiger partial charge in [-0.2, -0.15) is 0 Å². The van der Waals surface area contributed by atoms with E-state index in [1.54, 1.807) is 0 Å². The highest BCUT2D eigenvalue weighted by molar-refractivity contribution is 6.07. The van der Waals surface area contributed by atoms with Gasteiger partial charge in [0.15, 0.2) is 0 Å². The zero-order valence-electron chi connectivity index (χ0n) is 17.1. The van der Waals surface area contributed by atoms with Crippen molar-refractivity contribution in [3.8, 4) is 0 Å². The highest BCUT2D eigenvalue weighted by atomic mass is 16.7. The Kier molecular flexibility index (Phi) is 7.31. The molecule has 1 amide bonds. The van der Waals surface area contributed by atoms with Crippen molar-refractivity contribution in [2.75, 3.05) is 24.7 Å². The van der Waals surface area contributed by atoms with Gasteiger partial charge in [-0.05, 0) is 18.9 Å². The van der Waals surface area contributed by atoms with E-state index in [0.717, 1.165) is 29.8 Å². The molecule has 2 aliphatic heterocycles. The predicted octanol–water partition coefficient (Wildman–Crippen LogP) is 5.46. The third kappa shape index (κ3) is 4.38. The highest BCUT2D eigenvalue weighted by Gasteiger charge is 2.56. The molecule has 4 heteroatoms. The first kappa shape index (κ1) is 20.3. The van der Waals surface area contributed by atoms with Crippen LogP contribution in [0.25, 0.3) is 0 Å². The van der Waals surface area contributed by atoms with Crippen LogP contribution in [0.15, 0.2) is 18.2 Å². The van der Waals surface area contributed by atoms with Gasteiger partial charge in [0.2, 0.25) is 0 Å². The van der Waals surface area contributed by atoms with Crippen LogP contribution in [-0.2, 0) is 20.1 Å². The van der Waals surface area contributed by atoms with Gasteiger partial charge in [-0.3, -0.25) is 4.79 Å². The number of aryl methyl sites for hydroxylation is 1. The Labute approximate surface area is 164 Å². The van der Waals surface area contributed by atoms with E-state index in [1.165, 1.54) is 57.8 Å². The van der Waals surface area contributed by atoms with Crippen molar-refractivity contribution in [1.29, 1.82) is 0 Å². The molecule has 2 aliphatic rings. The zero-order valence-corrected chi connectivity index (χ0v) is 17.1. The zero-order chi connectivity index (χ0) is 19.1. The lowest BCUT2D eigenvalue weighted by molar-refractivity contribution is -0.180. The molecule has 1 aromatic carbocycles. The quantitative estimate of drug-likeness (QED) is 0.483. The molecule has 1 aromatic rings. The summed E-state index contributed by atoms with van der Waals surface area (Å²) < 4.78 is 11.6. The van der Waals surface area contributed by atoms with Crippen LogP contribution in [0.1, 0.15) is 82.3 Å². The molecule has 2 heterocycles. The van der Waals surface area contributed by atoms with E-state index in [2.05, 4.69) is 19.9 Å². The van der Waals surface area contributed by atoms with Crippen LogP contribution < -0.4 is 4.90 Å². The van der Waals surface area contributed by atoms with E-state index in [1.807, 2.05) is 17.0 Å². The lowest BCUT2D eigenvalue weighted by Crippen LogP contribution is -2.41. The summed E-state index contributed by atoms with van der Waals surface area (Å²) in [4.78, 5) is 15.0. The maximum Gasteiger partial charge on any atom is 0.292 e. The smallest absolute Gasteiger partial charge is 0.292 e. The van der Waals surface area contributed by atoms with E-state index in [0.29, 0.717) is 13.2 Å². The van der Waals surface area contributed by atoms with Gasteiger partial charge in [0.25, 0.3) is 11.7 Å². The summed E-state index contributed by atoms with van der Waals surface area (Å²) in [5.74, 6) is -1.22. The number of para-hydroxylation sites is 1. The van der Waals surface area contributed by atoms with Crippen LogP contribution in [0.2, 0.25) is 0 Å². The Morgan fingerprint density at radius 3 is 2.15 bits per heavy atom. The molecule has 3 rings (SSSR count). The van der Waals surface area contributed by atoms with Crippen LogP contribution in [0.3, 0.4) is 0 Å². The van der Waals surface area contributed by atoms with Gasteiger partial charge in [-0.1, -0.05) is 82.9 Å². The molecule has 150 valence electrons. The molecule has 1 fully saturated rings. The third-order valence-electron chi connectivity index (χ3n) is 5.82. The summed E-state index contributed by atoms with van der Waals surface area (Å²) in [6.07, 6.45) is 13.0. The van der Waals surface area contributed by atoms with E-state index in [4.69, 9.17) is 9.47 Å². The molecule has 0 N–H and O–H groups in total. The first-order valence-electron chi connectivity index (χ1n) is 10.9. The van der Waals surface area contributed by atoms with Crippen LogP contribution in [0, 0.1) is 6.92 Å². The fourth-order valence-electron chi connectivity index (χ4n) is 4.34. The number of fused-ring (bicyclic) bond motifs is 2. The minimum atomic E-state index is -1.18. The second kappa shape index (κ2) is 9.70. The summed E-state index contributed by atoms with van der Waals surface area (Å²) in [5.41, 5.74) is 3.00. The number of anilines is 1. The maximum atomic E-state index is 13.1. The number of benzene rings is 1. The largest absolute Gasteiger partial charge is 0.336 e. The molecule has 0 aromatic heterocycles. The van der Waals surface area contributed by atoms with E-state index in [9.17, 15) is 4.79 Å². The number of nitrogens with zero attached hydrogens (tertiary/aromatic N) is 1. The second-order valence-corrected chi connectivity index (χ2v) is 7.92. The summed E-state index contributed by atoms with van der Waals surface area (Å²) >= 11 is 0. The van der Waals surface area contributed by atoms with Gasteiger partial charge >= 0.3 is 0 Å². The van der Waals surface area contributed by atoms with Crippen molar-refractivity contribution < 1.29 is 14.3 Å². The predicted molar refractivity (Wildman–Crippen MR) is 109 cm³/mol. The third-order valence-corrected chi connectivity index (χ3v) is 5.82. The number of carbonyl (C=O) groups excluding carboxylic acids is 1. The molecular weight excluding hydrogens is 338 g/mol. The van der Waals surface area contributed by atoms with E-state index >= 15 is 0 Å². The van der Waals surface area contributed by atoms with Crippen molar-refractivity contribution in [2.24, 2.45) is 0 Å². The number of hydrogen-bond donors (Lipinski definition) is 0. The Morgan fingerprint density at radius 1 is 0.926 bits per heavy atom. The normalized spacial score (nSPS) is 17.9. The molecule has 0 radical (unpaired) electrons. The summed E-state index contributed by atoms with van der Waals surface area (Å²) in [6, 6.07) is 6.02. The van der Waals surface area contributed by atoms with Crippen LogP contribution in [0.5, 0.6) is 0 Å². The maximum absolute atomic E-state index is 13.1. The lowest BCUT2D eigenvalue weighted by atomic mass is 10.0. The van der Waals surface area contributed by atoms with Gasteiger partial charge < -0.3 is 14.4 Å². The molecule has 0 saturated carbocycles. The molecule has 1 saturated heterocycles. The number of hydrogen-bond acceptors (Lipinski definition) is 3. The molecule has 4 nitrogen and oxygen atoms in total. The van der Waals surface area contributed by atoms with Gasteiger partial charge in [0.05, 0.1) is 18.9 Å². The number of ether oxygens (including phenoxy) is 2. The minimum absolute atomic E-state index is 0.0415. The Morgan fingerprint density at radius 2 is 1.52 bits per heavy atom. The topological polar surface area (TPSA) is 38.8 Å². The fourth-order valence-corrected chi connectivity index (χ4v) is 4.34. The standard InChI is InChI=1S/C23H35NO3/c1-3-4-5-6-7-8-9-10-11-12-16-24-21-19(2)14-13-15-20(21)23(22(24)25)26-17-18-27-23/h13-15H,3-12,16-18H2,1-2H3. The Balaban J connectivity index is 1.46.